The van der Waals surface area contributed by atoms with Crippen molar-refractivity contribution < 1.29 is 9.53 Å². The lowest BCUT2D eigenvalue weighted by molar-refractivity contribution is -0.141. The molecule has 0 aliphatic carbocycles. The number of esters is 1. The van der Waals surface area contributed by atoms with E-state index in [1.165, 1.54) is 0 Å². The fourth-order valence-electron chi connectivity index (χ4n) is 1.77. The lowest BCUT2D eigenvalue weighted by atomic mass is 10.2. The number of cyclic esters (lactones) is 1. The molecule has 1 N–H and O–H groups in total. The Hall–Kier alpha value is -1.23. The fraction of sp³-hybridized carbons (Fsp3) is 0.500. The van der Waals surface area contributed by atoms with Gasteiger partial charge < -0.3 is 10.1 Å². The van der Waals surface area contributed by atoms with Gasteiger partial charge in [-0.2, -0.15) is 0 Å². The summed E-state index contributed by atoms with van der Waals surface area (Å²) in [5.41, 5.74) is 0.863. The maximum atomic E-state index is 11.4. The van der Waals surface area contributed by atoms with Crippen LogP contribution in [0, 0.1) is 0 Å². The molecule has 0 spiro atoms. The first kappa shape index (κ1) is 12.2. The number of aromatic nitrogens is 1. The summed E-state index contributed by atoms with van der Waals surface area (Å²) in [6.07, 6.45) is 2.47. The normalized spacial score (nSPS) is 23.5. The number of pyridine rings is 1. The zero-order valence-electron chi connectivity index (χ0n) is 9.97. The number of ether oxygens (including phenoxy) is 1. The number of rotatable bonds is 4. The molecule has 2 heterocycles. The highest BCUT2D eigenvalue weighted by Crippen LogP contribution is 2.21. The Balaban J connectivity index is 1.97. The van der Waals surface area contributed by atoms with Gasteiger partial charge in [0.05, 0.1) is 16.9 Å². The number of anilines is 1. The molecule has 2 rings (SSSR count). The molecular weight excluding hydrogens is 236 g/mol. The fourth-order valence-corrected chi connectivity index (χ4v) is 2.36. The van der Waals surface area contributed by atoms with Crippen LogP contribution >= 0.6 is 11.8 Å². The molecule has 0 radical (unpaired) electrons. The molecular formula is C12H16N2O2S. The van der Waals surface area contributed by atoms with Crippen molar-refractivity contribution in [1.29, 1.82) is 0 Å². The molecule has 1 saturated heterocycles. The Morgan fingerprint density at radius 1 is 1.59 bits per heavy atom. The first-order valence-electron chi connectivity index (χ1n) is 5.75. The van der Waals surface area contributed by atoms with Gasteiger partial charge in [0.1, 0.15) is 12.1 Å². The highest BCUT2D eigenvalue weighted by Gasteiger charge is 2.31. The SMILES string of the molecule is CCSc1ccc(N[C@@H]2C[C@H](C)OC2=O)cn1. The topological polar surface area (TPSA) is 51.2 Å². The molecule has 1 aromatic rings. The minimum atomic E-state index is -0.239. The van der Waals surface area contributed by atoms with Crippen LogP contribution in [0.4, 0.5) is 5.69 Å². The van der Waals surface area contributed by atoms with Crippen LogP contribution in [0.15, 0.2) is 23.4 Å². The molecule has 1 aliphatic rings. The summed E-state index contributed by atoms with van der Waals surface area (Å²) in [6, 6.07) is 3.66. The van der Waals surface area contributed by atoms with Gasteiger partial charge in [-0.05, 0) is 24.8 Å². The molecule has 0 aromatic carbocycles. The summed E-state index contributed by atoms with van der Waals surface area (Å²) >= 11 is 1.70. The third kappa shape index (κ3) is 3.12. The van der Waals surface area contributed by atoms with Gasteiger partial charge in [0.2, 0.25) is 0 Å². The zero-order chi connectivity index (χ0) is 12.3. The molecule has 92 valence electrons. The number of hydrogen-bond donors (Lipinski definition) is 1. The molecule has 4 nitrogen and oxygen atoms in total. The van der Waals surface area contributed by atoms with E-state index in [4.69, 9.17) is 4.74 Å². The number of carbonyl (C=O) groups excluding carboxylic acids is 1. The number of hydrogen-bond acceptors (Lipinski definition) is 5. The lowest BCUT2D eigenvalue weighted by Gasteiger charge is -2.10. The van der Waals surface area contributed by atoms with Crippen molar-refractivity contribution in [3.63, 3.8) is 0 Å². The van der Waals surface area contributed by atoms with E-state index in [0.717, 1.165) is 16.5 Å². The van der Waals surface area contributed by atoms with E-state index in [9.17, 15) is 4.79 Å². The van der Waals surface area contributed by atoms with E-state index < -0.39 is 0 Å². The quantitative estimate of drug-likeness (QED) is 0.658. The van der Waals surface area contributed by atoms with E-state index in [-0.39, 0.29) is 18.1 Å². The largest absolute Gasteiger partial charge is 0.461 e. The van der Waals surface area contributed by atoms with E-state index in [1.54, 1.807) is 18.0 Å². The van der Waals surface area contributed by atoms with Crippen molar-refractivity contribution in [2.24, 2.45) is 0 Å². The Kier molecular flexibility index (Phi) is 3.89. The monoisotopic (exact) mass is 252 g/mol. The van der Waals surface area contributed by atoms with Gasteiger partial charge in [0.15, 0.2) is 0 Å². The van der Waals surface area contributed by atoms with Crippen LogP contribution in [0.2, 0.25) is 0 Å². The molecule has 0 unspecified atom stereocenters. The Bertz CT molecular complexity index is 394. The zero-order valence-corrected chi connectivity index (χ0v) is 10.8. The van der Waals surface area contributed by atoms with Crippen LogP contribution in [0.1, 0.15) is 20.3 Å². The van der Waals surface area contributed by atoms with Crippen LogP contribution in [0.25, 0.3) is 0 Å². The average molecular weight is 252 g/mol. The van der Waals surface area contributed by atoms with Crippen LogP contribution in [-0.4, -0.2) is 28.9 Å². The third-order valence-electron chi connectivity index (χ3n) is 2.54. The second-order valence-corrected chi connectivity index (χ2v) is 5.28. The summed E-state index contributed by atoms with van der Waals surface area (Å²) in [5.74, 6) is 0.830. The predicted molar refractivity (Wildman–Crippen MR) is 68.2 cm³/mol. The highest BCUT2D eigenvalue weighted by atomic mass is 32.2. The second-order valence-electron chi connectivity index (χ2n) is 4.00. The first-order chi connectivity index (χ1) is 8.19. The summed E-state index contributed by atoms with van der Waals surface area (Å²) < 4.78 is 5.08. The van der Waals surface area contributed by atoms with Gasteiger partial charge in [-0.15, -0.1) is 11.8 Å². The van der Waals surface area contributed by atoms with Crippen LogP contribution < -0.4 is 5.32 Å². The molecule has 5 heteroatoms. The number of thioether (sulfide) groups is 1. The second kappa shape index (κ2) is 5.40. The van der Waals surface area contributed by atoms with Crippen LogP contribution in [0.5, 0.6) is 0 Å². The van der Waals surface area contributed by atoms with Crippen LogP contribution in [0.3, 0.4) is 0 Å². The molecule has 1 fully saturated rings. The maximum absolute atomic E-state index is 11.4. The van der Waals surface area contributed by atoms with E-state index in [0.29, 0.717) is 6.42 Å². The predicted octanol–water partition coefficient (Wildman–Crippen LogP) is 2.31. The number of carbonyl (C=O) groups is 1. The van der Waals surface area contributed by atoms with Crippen molar-refractivity contribution in [3.05, 3.63) is 18.3 Å². The van der Waals surface area contributed by atoms with Gasteiger partial charge in [0, 0.05) is 6.42 Å². The standard InChI is InChI=1S/C12H16N2O2S/c1-3-17-11-5-4-9(7-13-11)14-10-6-8(2)16-12(10)15/h4-5,7-8,10,14H,3,6H2,1-2H3/t8-,10+/m0/s1. The molecule has 1 aliphatic heterocycles. The summed E-state index contributed by atoms with van der Waals surface area (Å²) in [4.78, 5) is 15.8. The van der Waals surface area contributed by atoms with E-state index in [1.807, 2.05) is 19.1 Å². The van der Waals surface area contributed by atoms with Crippen molar-refractivity contribution in [2.45, 2.75) is 37.4 Å². The molecule has 0 amide bonds. The number of nitrogens with one attached hydrogen (secondary N) is 1. The Morgan fingerprint density at radius 2 is 2.41 bits per heavy atom. The van der Waals surface area contributed by atoms with Crippen molar-refractivity contribution in [1.82, 2.24) is 4.98 Å². The van der Waals surface area contributed by atoms with Gasteiger partial charge in [-0.1, -0.05) is 6.92 Å². The van der Waals surface area contributed by atoms with Crippen molar-refractivity contribution in [3.8, 4) is 0 Å². The first-order valence-corrected chi connectivity index (χ1v) is 6.73. The van der Waals surface area contributed by atoms with Gasteiger partial charge in [-0.25, -0.2) is 9.78 Å². The smallest absolute Gasteiger partial charge is 0.328 e. The highest BCUT2D eigenvalue weighted by molar-refractivity contribution is 7.99. The van der Waals surface area contributed by atoms with Crippen molar-refractivity contribution in [2.75, 3.05) is 11.1 Å². The maximum Gasteiger partial charge on any atom is 0.328 e. The average Bonchev–Trinajstić information content (AvgIpc) is 2.61. The van der Waals surface area contributed by atoms with Gasteiger partial charge >= 0.3 is 5.97 Å². The summed E-state index contributed by atoms with van der Waals surface area (Å²) in [6.45, 7) is 3.99. The van der Waals surface area contributed by atoms with E-state index >= 15 is 0 Å². The van der Waals surface area contributed by atoms with Gasteiger partial charge in [-0.3, -0.25) is 0 Å². The van der Waals surface area contributed by atoms with Crippen molar-refractivity contribution >= 4 is 23.4 Å². The molecule has 2 atom stereocenters. The molecule has 0 bridgehead atoms. The lowest BCUT2D eigenvalue weighted by Crippen LogP contribution is -2.24. The van der Waals surface area contributed by atoms with Crippen LogP contribution in [-0.2, 0) is 9.53 Å². The molecule has 0 saturated carbocycles. The minimum Gasteiger partial charge on any atom is -0.461 e. The third-order valence-corrected chi connectivity index (χ3v) is 3.36. The Morgan fingerprint density at radius 3 is 2.94 bits per heavy atom. The summed E-state index contributed by atoms with van der Waals surface area (Å²) in [5, 5.41) is 4.14. The number of nitrogens with zero attached hydrogens (tertiary/aromatic N) is 1. The summed E-state index contributed by atoms with van der Waals surface area (Å²) in [7, 11) is 0. The molecule has 1 aromatic heterocycles. The minimum absolute atomic E-state index is 0.00267. The Labute approximate surface area is 105 Å². The van der Waals surface area contributed by atoms with E-state index in [2.05, 4.69) is 17.2 Å². The van der Waals surface area contributed by atoms with Gasteiger partial charge in [0.25, 0.3) is 0 Å². The molecule has 17 heavy (non-hydrogen) atoms.